The van der Waals surface area contributed by atoms with E-state index in [1.54, 1.807) is 26.8 Å². The van der Waals surface area contributed by atoms with Gasteiger partial charge in [0, 0.05) is 12.5 Å². The van der Waals surface area contributed by atoms with Gasteiger partial charge in [-0.25, -0.2) is 0 Å². The van der Waals surface area contributed by atoms with Crippen LogP contribution in [0.5, 0.6) is 0 Å². The molecule has 2 N–H and O–H groups in total. The van der Waals surface area contributed by atoms with Crippen LogP contribution in [0, 0.1) is 12.3 Å². The highest BCUT2D eigenvalue weighted by Gasteiger charge is 2.25. The zero-order valence-corrected chi connectivity index (χ0v) is 10.8. The summed E-state index contributed by atoms with van der Waals surface area (Å²) in [5, 5.41) is 15.2. The van der Waals surface area contributed by atoms with Gasteiger partial charge in [0.25, 0.3) is 0 Å². The minimum atomic E-state index is -0.903. The first-order valence-electron chi connectivity index (χ1n) is 5.69. The number of carboxylic acids is 1. The third kappa shape index (κ3) is 4.99. The maximum absolute atomic E-state index is 11.7. The SMILES string of the molecule is Cc1cc(CNC(=O)CC(C)(C)CC(=O)O)no1. The van der Waals surface area contributed by atoms with Crippen LogP contribution in [0.3, 0.4) is 0 Å². The highest BCUT2D eigenvalue weighted by Crippen LogP contribution is 2.24. The minimum Gasteiger partial charge on any atom is -0.481 e. The van der Waals surface area contributed by atoms with E-state index in [2.05, 4.69) is 10.5 Å². The zero-order valence-electron chi connectivity index (χ0n) is 10.8. The van der Waals surface area contributed by atoms with Gasteiger partial charge in [-0.1, -0.05) is 19.0 Å². The van der Waals surface area contributed by atoms with Crippen LogP contribution in [-0.4, -0.2) is 22.1 Å². The third-order valence-electron chi connectivity index (χ3n) is 2.41. The molecule has 0 bridgehead atoms. The molecule has 0 radical (unpaired) electrons. The Balaban J connectivity index is 2.39. The van der Waals surface area contributed by atoms with Crippen molar-refractivity contribution in [3.05, 3.63) is 17.5 Å². The van der Waals surface area contributed by atoms with E-state index < -0.39 is 11.4 Å². The monoisotopic (exact) mass is 254 g/mol. The lowest BCUT2D eigenvalue weighted by Crippen LogP contribution is -2.29. The molecule has 1 amide bonds. The Kier molecular flexibility index (Phi) is 4.47. The van der Waals surface area contributed by atoms with Gasteiger partial charge in [0.1, 0.15) is 11.5 Å². The smallest absolute Gasteiger partial charge is 0.303 e. The second-order valence-electron chi connectivity index (χ2n) is 5.12. The maximum atomic E-state index is 11.7. The highest BCUT2D eigenvalue weighted by molar-refractivity contribution is 5.77. The average molecular weight is 254 g/mol. The summed E-state index contributed by atoms with van der Waals surface area (Å²) < 4.78 is 4.87. The van der Waals surface area contributed by atoms with E-state index in [0.717, 1.165) is 0 Å². The molecule has 1 rings (SSSR count). The van der Waals surface area contributed by atoms with Gasteiger partial charge in [-0.2, -0.15) is 0 Å². The molecule has 1 aromatic rings. The van der Waals surface area contributed by atoms with Gasteiger partial charge in [0.05, 0.1) is 13.0 Å². The van der Waals surface area contributed by atoms with Crippen molar-refractivity contribution in [2.75, 3.05) is 0 Å². The van der Waals surface area contributed by atoms with Gasteiger partial charge in [-0.05, 0) is 12.3 Å². The van der Waals surface area contributed by atoms with E-state index in [1.165, 1.54) is 0 Å². The van der Waals surface area contributed by atoms with E-state index >= 15 is 0 Å². The Bertz CT molecular complexity index is 437. The molecule has 0 spiro atoms. The molecule has 100 valence electrons. The number of amides is 1. The van der Waals surface area contributed by atoms with Crippen LogP contribution in [-0.2, 0) is 16.1 Å². The van der Waals surface area contributed by atoms with Crippen molar-refractivity contribution >= 4 is 11.9 Å². The van der Waals surface area contributed by atoms with Crippen molar-refractivity contribution in [3.8, 4) is 0 Å². The fraction of sp³-hybridized carbons (Fsp3) is 0.583. The first kappa shape index (κ1) is 14.2. The Morgan fingerprint density at radius 3 is 2.61 bits per heavy atom. The molecule has 0 unspecified atom stereocenters. The summed E-state index contributed by atoms with van der Waals surface area (Å²) in [6.45, 7) is 5.56. The van der Waals surface area contributed by atoms with Gasteiger partial charge in [0.15, 0.2) is 0 Å². The van der Waals surface area contributed by atoms with E-state index in [-0.39, 0.29) is 18.7 Å². The van der Waals surface area contributed by atoms with Crippen LogP contribution in [0.4, 0.5) is 0 Å². The largest absolute Gasteiger partial charge is 0.481 e. The van der Waals surface area contributed by atoms with Crippen molar-refractivity contribution in [3.63, 3.8) is 0 Å². The second kappa shape index (κ2) is 5.66. The number of carbonyl (C=O) groups excluding carboxylic acids is 1. The van der Waals surface area contributed by atoms with Crippen molar-refractivity contribution < 1.29 is 19.2 Å². The molecule has 0 saturated carbocycles. The number of hydrogen-bond donors (Lipinski definition) is 2. The van der Waals surface area contributed by atoms with E-state index in [1.807, 2.05) is 0 Å². The lowest BCUT2D eigenvalue weighted by molar-refractivity contribution is -0.139. The first-order valence-corrected chi connectivity index (χ1v) is 5.69. The second-order valence-corrected chi connectivity index (χ2v) is 5.12. The molecule has 0 aromatic carbocycles. The van der Waals surface area contributed by atoms with Gasteiger partial charge >= 0.3 is 5.97 Å². The topological polar surface area (TPSA) is 92.4 Å². The maximum Gasteiger partial charge on any atom is 0.303 e. The van der Waals surface area contributed by atoms with Gasteiger partial charge in [0.2, 0.25) is 5.91 Å². The lowest BCUT2D eigenvalue weighted by atomic mass is 9.85. The van der Waals surface area contributed by atoms with Crippen LogP contribution in [0.15, 0.2) is 10.6 Å². The number of carbonyl (C=O) groups is 2. The number of rotatable bonds is 6. The Labute approximate surface area is 105 Å². The predicted octanol–water partition coefficient (Wildman–Crippen LogP) is 1.49. The van der Waals surface area contributed by atoms with Gasteiger partial charge in [-0.3, -0.25) is 9.59 Å². The number of nitrogens with zero attached hydrogens (tertiary/aromatic N) is 1. The summed E-state index contributed by atoms with van der Waals surface area (Å²) in [7, 11) is 0. The summed E-state index contributed by atoms with van der Waals surface area (Å²) in [5.41, 5.74) is 0.0900. The van der Waals surface area contributed by atoms with Crippen molar-refractivity contribution in [2.24, 2.45) is 5.41 Å². The Morgan fingerprint density at radius 2 is 2.11 bits per heavy atom. The molecule has 6 heteroatoms. The quantitative estimate of drug-likeness (QED) is 0.802. The predicted molar refractivity (Wildman–Crippen MR) is 63.7 cm³/mol. The molecule has 1 aromatic heterocycles. The van der Waals surface area contributed by atoms with Crippen molar-refractivity contribution in [1.82, 2.24) is 10.5 Å². The summed E-state index contributed by atoms with van der Waals surface area (Å²) in [4.78, 5) is 22.3. The number of carboxylic acid groups (broad SMARTS) is 1. The fourth-order valence-electron chi connectivity index (χ4n) is 1.66. The highest BCUT2D eigenvalue weighted by atomic mass is 16.5. The molecule has 6 nitrogen and oxygen atoms in total. The number of hydrogen-bond acceptors (Lipinski definition) is 4. The summed E-state index contributed by atoms with van der Waals surface area (Å²) in [5.74, 6) is -0.410. The van der Waals surface area contributed by atoms with Crippen LogP contribution in [0.25, 0.3) is 0 Å². The standard InChI is InChI=1S/C12H18N2O4/c1-8-4-9(14-18-8)7-13-10(15)5-12(2,3)6-11(16)17/h4H,5-7H2,1-3H3,(H,13,15)(H,16,17). The molecule has 0 saturated heterocycles. The van der Waals surface area contributed by atoms with E-state index in [0.29, 0.717) is 18.0 Å². The number of aryl methyl sites for hydroxylation is 1. The molecule has 0 fully saturated rings. The average Bonchev–Trinajstić information content (AvgIpc) is 2.58. The summed E-state index contributed by atoms with van der Waals surface area (Å²) >= 11 is 0. The van der Waals surface area contributed by atoms with Crippen LogP contribution in [0.1, 0.15) is 38.1 Å². The molecule has 18 heavy (non-hydrogen) atoms. The summed E-state index contributed by atoms with van der Waals surface area (Å²) in [6.07, 6.45) is 0.125. The fourth-order valence-corrected chi connectivity index (χ4v) is 1.66. The minimum absolute atomic E-state index is 0.0382. The molecule has 0 aliphatic carbocycles. The first-order chi connectivity index (χ1) is 8.28. The Hall–Kier alpha value is -1.85. The van der Waals surface area contributed by atoms with E-state index in [9.17, 15) is 9.59 Å². The lowest BCUT2D eigenvalue weighted by Gasteiger charge is -2.21. The summed E-state index contributed by atoms with van der Waals surface area (Å²) in [6, 6.07) is 1.74. The molecule has 1 heterocycles. The van der Waals surface area contributed by atoms with Crippen LogP contribution in [0.2, 0.25) is 0 Å². The van der Waals surface area contributed by atoms with Crippen LogP contribution < -0.4 is 5.32 Å². The molecular weight excluding hydrogens is 236 g/mol. The van der Waals surface area contributed by atoms with Crippen molar-refractivity contribution in [2.45, 2.75) is 40.2 Å². The van der Waals surface area contributed by atoms with Gasteiger partial charge < -0.3 is 14.9 Å². The molecule has 0 atom stereocenters. The van der Waals surface area contributed by atoms with E-state index in [4.69, 9.17) is 9.63 Å². The van der Waals surface area contributed by atoms with Crippen molar-refractivity contribution in [1.29, 1.82) is 0 Å². The van der Waals surface area contributed by atoms with Gasteiger partial charge in [-0.15, -0.1) is 0 Å². The third-order valence-corrected chi connectivity index (χ3v) is 2.41. The number of aromatic nitrogens is 1. The zero-order chi connectivity index (χ0) is 13.8. The van der Waals surface area contributed by atoms with Crippen LogP contribution >= 0.6 is 0 Å². The Morgan fingerprint density at radius 1 is 1.44 bits per heavy atom. The molecular formula is C12H18N2O4. The number of nitrogens with one attached hydrogen (secondary N) is 1. The normalized spacial score (nSPS) is 11.3. The molecule has 0 aliphatic heterocycles. The number of aliphatic carboxylic acids is 1. The molecule has 0 aliphatic rings.